The van der Waals surface area contributed by atoms with E-state index in [9.17, 15) is 13.2 Å². The summed E-state index contributed by atoms with van der Waals surface area (Å²) in [6, 6.07) is 8.81. The Balaban J connectivity index is 2.61. The van der Waals surface area contributed by atoms with Crippen molar-refractivity contribution in [3.8, 4) is 0 Å². The molecule has 1 aromatic carbocycles. The van der Waals surface area contributed by atoms with E-state index in [1.165, 1.54) is 0 Å². The van der Waals surface area contributed by atoms with Gasteiger partial charge in [0.15, 0.2) is 0 Å². The Labute approximate surface area is 125 Å². The molecule has 0 fully saturated rings. The molecule has 0 saturated carbocycles. The largest absolute Gasteiger partial charge is 0.446 e. The van der Waals surface area contributed by atoms with Gasteiger partial charge in [0.1, 0.15) is 0 Å². The first-order valence-corrected chi connectivity index (χ1v) is 8.05. The van der Waals surface area contributed by atoms with Crippen molar-refractivity contribution in [1.82, 2.24) is 9.44 Å². The molecule has 1 rings (SSSR count). The second-order valence-corrected chi connectivity index (χ2v) is 6.25. The molecular weight excluding hydrogens is 294 g/mol. The summed E-state index contributed by atoms with van der Waals surface area (Å²) in [6.07, 6.45) is -1.000. The summed E-state index contributed by atoms with van der Waals surface area (Å²) < 4.78 is 32.4. The predicted molar refractivity (Wildman–Crippen MR) is 79.8 cm³/mol. The van der Waals surface area contributed by atoms with Crippen molar-refractivity contribution in [2.24, 2.45) is 5.73 Å². The van der Waals surface area contributed by atoms with E-state index in [0.717, 1.165) is 5.56 Å². The Bertz CT molecular complexity index is 546. The lowest BCUT2D eigenvalue weighted by Gasteiger charge is -2.17. The van der Waals surface area contributed by atoms with Gasteiger partial charge in [0.25, 0.3) is 0 Å². The molecule has 1 atom stereocenters. The number of hydrogen-bond acceptors (Lipinski definition) is 5. The second-order valence-electron chi connectivity index (χ2n) is 4.80. The Morgan fingerprint density at radius 2 is 1.90 bits per heavy atom. The molecule has 0 heterocycles. The first-order chi connectivity index (χ1) is 9.82. The minimum atomic E-state index is -4.01. The van der Waals surface area contributed by atoms with Gasteiger partial charge in [-0.3, -0.25) is 0 Å². The third-order valence-corrected chi connectivity index (χ3v) is 3.57. The van der Waals surface area contributed by atoms with Crippen LogP contribution in [0.2, 0.25) is 0 Å². The summed E-state index contributed by atoms with van der Waals surface area (Å²) in [5, 5.41) is 0. The third kappa shape index (κ3) is 7.07. The Kier molecular flexibility index (Phi) is 6.60. The van der Waals surface area contributed by atoms with E-state index >= 15 is 0 Å². The van der Waals surface area contributed by atoms with E-state index in [-0.39, 0.29) is 6.54 Å². The number of ether oxygens (including phenoxy) is 1. The predicted octanol–water partition coefficient (Wildman–Crippen LogP) is 0.525. The van der Waals surface area contributed by atoms with Crippen molar-refractivity contribution in [2.75, 3.05) is 6.54 Å². The lowest BCUT2D eigenvalue weighted by atomic mass is 10.1. The number of amides is 1. The summed E-state index contributed by atoms with van der Waals surface area (Å²) in [5.41, 5.74) is 6.51. The number of nitrogens with one attached hydrogen (secondary N) is 2. The van der Waals surface area contributed by atoms with Crippen molar-refractivity contribution < 1.29 is 17.9 Å². The molecule has 1 unspecified atom stereocenters. The maximum Gasteiger partial charge on any atom is 0.422 e. The molecule has 0 bridgehead atoms. The van der Waals surface area contributed by atoms with Crippen molar-refractivity contribution in [1.29, 1.82) is 0 Å². The highest BCUT2D eigenvalue weighted by atomic mass is 32.2. The van der Waals surface area contributed by atoms with Crippen LogP contribution in [0.3, 0.4) is 0 Å². The quantitative estimate of drug-likeness (QED) is 0.679. The third-order valence-electron chi connectivity index (χ3n) is 2.49. The highest BCUT2D eigenvalue weighted by Gasteiger charge is 2.20. The highest BCUT2D eigenvalue weighted by Crippen LogP contribution is 2.03. The number of nitrogens with two attached hydrogens (primary N) is 1. The monoisotopic (exact) mass is 315 g/mol. The van der Waals surface area contributed by atoms with Crippen LogP contribution in [0.4, 0.5) is 4.79 Å². The van der Waals surface area contributed by atoms with Crippen LogP contribution in [-0.2, 0) is 21.4 Å². The lowest BCUT2D eigenvalue weighted by molar-refractivity contribution is 0.121. The van der Waals surface area contributed by atoms with Crippen LogP contribution in [0.1, 0.15) is 19.4 Å². The van der Waals surface area contributed by atoms with Crippen LogP contribution in [0.25, 0.3) is 0 Å². The molecular formula is C13H21N3O4S. The molecule has 0 saturated heterocycles. The average molecular weight is 315 g/mol. The van der Waals surface area contributed by atoms with Crippen molar-refractivity contribution in [3.63, 3.8) is 0 Å². The lowest BCUT2D eigenvalue weighted by Crippen LogP contribution is -2.49. The van der Waals surface area contributed by atoms with Gasteiger partial charge in [-0.15, -0.1) is 0 Å². The fraction of sp³-hybridized carbons (Fsp3) is 0.462. The van der Waals surface area contributed by atoms with E-state index in [1.54, 1.807) is 18.6 Å². The summed E-state index contributed by atoms with van der Waals surface area (Å²) in [6.45, 7) is 3.35. The van der Waals surface area contributed by atoms with E-state index in [0.29, 0.717) is 6.42 Å². The first-order valence-electron chi connectivity index (χ1n) is 6.57. The molecule has 0 aliphatic carbocycles. The fourth-order valence-corrected chi connectivity index (χ4v) is 2.61. The van der Waals surface area contributed by atoms with Crippen LogP contribution < -0.4 is 15.2 Å². The number of carbonyl (C=O) groups excluding carboxylic acids is 1. The Morgan fingerprint density at radius 3 is 2.43 bits per heavy atom. The normalized spacial score (nSPS) is 13.0. The van der Waals surface area contributed by atoms with E-state index in [2.05, 4.69) is 4.72 Å². The molecule has 0 radical (unpaired) electrons. The molecule has 1 aromatic rings. The van der Waals surface area contributed by atoms with Crippen LogP contribution >= 0.6 is 0 Å². The van der Waals surface area contributed by atoms with Gasteiger partial charge in [0, 0.05) is 12.6 Å². The Hall–Kier alpha value is -1.64. The number of carbonyl (C=O) groups is 1. The second kappa shape index (κ2) is 7.96. The summed E-state index contributed by atoms with van der Waals surface area (Å²) in [7, 11) is -4.01. The van der Waals surface area contributed by atoms with Crippen molar-refractivity contribution >= 4 is 16.3 Å². The molecule has 0 spiro atoms. The molecule has 7 nitrogen and oxygen atoms in total. The zero-order chi connectivity index (χ0) is 15.9. The molecule has 4 N–H and O–H groups in total. The molecule has 1 amide bonds. The molecule has 0 aromatic heterocycles. The van der Waals surface area contributed by atoms with Gasteiger partial charge in [0.05, 0.1) is 6.10 Å². The fourth-order valence-electron chi connectivity index (χ4n) is 1.67. The smallest absolute Gasteiger partial charge is 0.422 e. The minimum Gasteiger partial charge on any atom is -0.446 e. The Morgan fingerprint density at radius 1 is 1.29 bits per heavy atom. The van der Waals surface area contributed by atoms with Crippen LogP contribution in [0, 0.1) is 0 Å². The summed E-state index contributed by atoms with van der Waals surface area (Å²) >= 11 is 0. The van der Waals surface area contributed by atoms with Gasteiger partial charge < -0.3 is 10.5 Å². The van der Waals surface area contributed by atoms with Crippen LogP contribution in [0.5, 0.6) is 0 Å². The van der Waals surface area contributed by atoms with Gasteiger partial charge in [0.2, 0.25) is 0 Å². The maximum atomic E-state index is 11.8. The van der Waals surface area contributed by atoms with Crippen molar-refractivity contribution in [3.05, 3.63) is 35.9 Å². The molecule has 21 heavy (non-hydrogen) atoms. The van der Waals surface area contributed by atoms with Gasteiger partial charge in [-0.1, -0.05) is 30.3 Å². The molecule has 118 valence electrons. The van der Waals surface area contributed by atoms with Crippen LogP contribution in [-0.4, -0.2) is 33.2 Å². The van der Waals surface area contributed by atoms with Gasteiger partial charge in [-0.05, 0) is 25.8 Å². The zero-order valence-electron chi connectivity index (χ0n) is 12.1. The van der Waals surface area contributed by atoms with Gasteiger partial charge >= 0.3 is 16.3 Å². The van der Waals surface area contributed by atoms with E-state index < -0.39 is 28.4 Å². The standard InChI is InChI=1S/C13H21N3O4S/c1-10(2)20-13(17)16-21(18,19)15-12(9-14)8-11-6-4-3-5-7-11/h3-7,10,12,15H,8-9,14H2,1-2H3,(H,16,17). The van der Waals surface area contributed by atoms with E-state index in [1.807, 2.05) is 30.3 Å². The summed E-state index contributed by atoms with van der Waals surface area (Å²) in [5.74, 6) is 0. The zero-order valence-corrected chi connectivity index (χ0v) is 12.9. The molecule has 0 aliphatic rings. The maximum absolute atomic E-state index is 11.8. The number of benzene rings is 1. The average Bonchev–Trinajstić information content (AvgIpc) is 2.37. The van der Waals surface area contributed by atoms with Crippen molar-refractivity contribution in [2.45, 2.75) is 32.4 Å². The van der Waals surface area contributed by atoms with Gasteiger partial charge in [-0.25, -0.2) is 9.52 Å². The molecule has 8 heteroatoms. The topological polar surface area (TPSA) is 111 Å². The SMILES string of the molecule is CC(C)OC(=O)NS(=O)(=O)NC(CN)Cc1ccccc1. The van der Waals surface area contributed by atoms with Gasteiger partial charge in [-0.2, -0.15) is 13.1 Å². The summed E-state index contributed by atoms with van der Waals surface area (Å²) in [4.78, 5) is 11.3. The highest BCUT2D eigenvalue weighted by molar-refractivity contribution is 7.88. The number of hydrogen-bond donors (Lipinski definition) is 3. The van der Waals surface area contributed by atoms with Crippen LogP contribution in [0.15, 0.2) is 30.3 Å². The minimum absolute atomic E-state index is 0.106. The van der Waals surface area contributed by atoms with E-state index in [4.69, 9.17) is 10.5 Å². The first kappa shape index (κ1) is 17.4. The molecule has 0 aliphatic heterocycles. The number of rotatable bonds is 7.